The minimum atomic E-state index is 0. The quantitative estimate of drug-likeness (QED) is 0.213. The number of hydrogen-bond acceptors (Lipinski definition) is 4. The molecule has 1 N–H and O–H groups in total. The monoisotopic (exact) mass is 639 g/mol. The van der Waals surface area contributed by atoms with E-state index in [1.54, 1.807) is 6.07 Å². The summed E-state index contributed by atoms with van der Waals surface area (Å²) in [7, 11) is 0. The Bertz CT molecular complexity index is 1720. The third kappa shape index (κ3) is 3.96. The van der Waals surface area contributed by atoms with Crippen LogP contribution in [0.2, 0.25) is 0 Å². The zero-order valence-corrected chi connectivity index (χ0v) is 21.7. The van der Waals surface area contributed by atoms with Crippen LogP contribution in [0.25, 0.3) is 38.5 Å². The second-order valence-corrected chi connectivity index (χ2v) is 8.68. The van der Waals surface area contributed by atoms with Crippen molar-refractivity contribution >= 4 is 32.7 Å². The van der Waals surface area contributed by atoms with Crippen LogP contribution in [0.15, 0.2) is 72.9 Å². The van der Waals surface area contributed by atoms with Gasteiger partial charge in [-0.1, -0.05) is 35.3 Å². The van der Waals surface area contributed by atoms with Crippen molar-refractivity contribution in [2.75, 3.05) is 0 Å². The van der Waals surface area contributed by atoms with Crippen molar-refractivity contribution < 1.29 is 30.9 Å². The third-order valence-corrected chi connectivity index (χ3v) is 6.17. The van der Waals surface area contributed by atoms with Gasteiger partial charge in [-0.2, -0.15) is 6.07 Å². The topological polar surface area (TPSA) is 60.2 Å². The molecular weight excluding hydrogens is 617 g/mol. The number of rotatable bonds is 3. The summed E-state index contributed by atoms with van der Waals surface area (Å²) in [6, 6.07) is 25.1. The summed E-state index contributed by atoms with van der Waals surface area (Å²) < 4.78 is 8.22. The van der Waals surface area contributed by atoms with E-state index in [9.17, 15) is 5.11 Å². The summed E-state index contributed by atoms with van der Waals surface area (Å²) in [6.07, 6.45) is 1.87. The van der Waals surface area contributed by atoms with Crippen LogP contribution < -0.4 is 4.74 Å². The smallest absolute Gasteiger partial charge is 0.217 e. The molecule has 35 heavy (non-hydrogen) atoms. The largest absolute Gasteiger partial charge is 0.506 e. The van der Waals surface area contributed by atoms with Gasteiger partial charge in [0.2, 0.25) is 5.88 Å². The maximum absolute atomic E-state index is 10.3. The van der Waals surface area contributed by atoms with Gasteiger partial charge in [0, 0.05) is 50.0 Å². The predicted molar refractivity (Wildman–Crippen MR) is 135 cm³/mol. The molecule has 0 aliphatic rings. The second-order valence-electron chi connectivity index (χ2n) is 8.68. The first-order valence-corrected chi connectivity index (χ1v) is 11.2. The molecule has 0 bridgehead atoms. The summed E-state index contributed by atoms with van der Waals surface area (Å²) in [5.41, 5.74) is 5.81. The van der Waals surface area contributed by atoms with E-state index in [0.717, 1.165) is 44.1 Å². The van der Waals surface area contributed by atoms with Crippen molar-refractivity contribution in [2.45, 2.75) is 20.8 Å². The molecule has 0 atom stereocenters. The van der Waals surface area contributed by atoms with Crippen LogP contribution in [0.4, 0.5) is 0 Å². The Morgan fingerprint density at radius 3 is 2.43 bits per heavy atom. The van der Waals surface area contributed by atoms with Crippen LogP contribution in [0.3, 0.4) is 0 Å². The van der Waals surface area contributed by atoms with Crippen LogP contribution >= 0.6 is 0 Å². The van der Waals surface area contributed by atoms with E-state index >= 15 is 0 Å². The maximum Gasteiger partial charge on any atom is 0.217 e. The minimum absolute atomic E-state index is 0. The van der Waals surface area contributed by atoms with E-state index in [0.29, 0.717) is 17.1 Å². The molecule has 0 unspecified atom stereocenters. The standard InChI is InChI=1S/C29H22N3O2.Pt/c1-17-4-10-24-23(14-17)22-8-7-20(15-25(22)32(24)27-12-5-18(2)16-30-27)34-28-13-9-21-19(3)6-11-26(33)29(21)31-28;/h4-14,16,33H,1-3H3;/q-1;. The van der Waals surface area contributed by atoms with Gasteiger partial charge in [0.1, 0.15) is 17.1 Å². The molecule has 176 valence electrons. The molecule has 0 amide bonds. The molecule has 0 saturated carbocycles. The fourth-order valence-corrected chi connectivity index (χ4v) is 4.43. The Morgan fingerprint density at radius 1 is 0.829 bits per heavy atom. The molecule has 6 rings (SSSR count). The summed E-state index contributed by atoms with van der Waals surface area (Å²) in [5.74, 6) is 1.90. The van der Waals surface area contributed by atoms with E-state index in [1.807, 2.05) is 50.4 Å². The van der Waals surface area contributed by atoms with Crippen molar-refractivity contribution in [2.24, 2.45) is 0 Å². The number of phenolic OH excluding ortho intramolecular Hbond substituents is 1. The molecule has 3 heterocycles. The molecule has 0 aliphatic heterocycles. The zero-order valence-electron chi connectivity index (χ0n) is 19.4. The van der Waals surface area contributed by atoms with E-state index in [-0.39, 0.29) is 26.8 Å². The van der Waals surface area contributed by atoms with Crippen molar-refractivity contribution in [1.82, 2.24) is 14.5 Å². The Balaban J connectivity index is 0.00000253. The van der Waals surface area contributed by atoms with Gasteiger partial charge in [0.05, 0.1) is 0 Å². The van der Waals surface area contributed by atoms with Crippen molar-refractivity contribution in [3.8, 4) is 23.2 Å². The van der Waals surface area contributed by atoms with E-state index < -0.39 is 0 Å². The normalized spacial score (nSPS) is 11.2. The maximum atomic E-state index is 10.3. The Morgan fingerprint density at radius 2 is 1.63 bits per heavy atom. The average molecular weight is 640 g/mol. The van der Waals surface area contributed by atoms with E-state index in [1.165, 1.54) is 5.56 Å². The number of hydrogen-bond donors (Lipinski definition) is 1. The van der Waals surface area contributed by atoms with Gasteiger partial charge >= 0.3 is 0 Å². The molecule has 3 aromatic heterocycles. The van der Waals surface area contributed by atoms with Gasteiger partial charge in [0.25, 0.3) is 0 Å². The minimum Gasteiger partial charge on any atom is -0.506 e. The van der Waals surface area contributed by atoms with Crippen LogP contribution in [0, 0.1) is 26.8 Å². The number of aromatic hydroxyl groups is 1. The van der Waals surface area contributed by atoms with Crippen LogP contribution in [0.1, 0.15) is 16.7 Å². The molecule has 5 nitrogen and oxygen atoms in total. The van der Waals surface area contributed by atoms with Gasteiger partial charge in [-0.3, -0.25) is 0 Å². The molecule has 6 heteroatoms. The Hall–Kier alpha value is -3.69. The van der Waals surface area contributed by atoms with E-state index in [4.69, 9.17) is 4.74 Å². The van der Waals surface area contributed by atoms with E-state index in [2.05, 4.69) is 57.9 Å². The SMILES string of the molecule is Cc1ccc(-n2c3[c-]c(Oc4ccc5c(C)ccc(O)c5n4)ccc3c3cc(C)ccc32)nc1.[Pt]. The van der Waals surface area contributed by atoms with Crippen LogP contribution in [0.5, 0.6) is 17.4 Å². The number of aromatic nitrogens is 3. The van der Waals surface area contributed by atoms with Gasteiger partial charge in [-0.25, -0.2) is 9.97 Å². The van der Waals surface area contributed by atoms with Crippen molar-refractivity contribution in [1.29, 1.82) is 0 Å². The number of ether oxygens (including phenoxy) is 1. The molecule has 3 aromatic carbocycles. The number of pyridine rings is 2. The summed E-state index contributed by atoms with van der Waals surface area (Å²) in [6.45, 7) is 6.11. The van der Waals surface area contributed by atoms with Gasteiger partial charge in [0.15, 0.2) is 0 Å². The Kier molecular flexibility index (Phi) is 5.82. The fourth-order valence-electron chi connectivity index (χ4n) is 4.43. The summed E-state index contributed by atoms with van der Waals surface area (Å²) >= 11 is 0. The Labute approximate surface area is 217 Å². The van der Waals surface area contributed by atoms with Gasteiger partial charge < -0.3 is 14.4 Å². The zero-order chi connectivity index (χ0) is 23.4. The first kappa shape index (κ1) is 23.1. The molecule has 0 spiro atoms. The number of fused-ring (bicyclic) bond motifs is 4. The van der Waals surface area contributed by atoms with Crippen molar-refractivity contribution in [3.05, 3.63) is 95.7 Å². The average Bonchev–Trinajstić information content (AvgIpc) is 3.15. The number of aryl methyl sites for hydroxylation is 3. The van der Waals surface area contributed by atoms with Crippen LogP contribution in [-0.2, 0) is 21.1 Å². The first-order valence-electron chi connectivity index (χ1n) is 11.2. The number of benzene rings is 3. The van der Waals surface area contributed by atoms with Gasteiger partial charge in [-0.15, -0.1) is 17.5 Å². The number of nitrogens with zero attached hydrogens (tertiary/aromatic N) is 3. The third-order valence-electron chi connectivity index (χ3n) is 6.17. The molecule has 0 aliphatic carbocycles. The molecule has 6 aromatic rings. The second kappa shape index (κ2) is 8.83. The summed E-state index contributed by atoms with van der Waals surface area (Å²) in [5, 5.41) is 13.4. The fraction of sp³-hybridized carbons (Fsp3) is 0.103. The van der Waals surface area contributed by atoms with Crippen molar-refractivity contribution in [3.63, 3.8) is 0 Å². The number of phenols is 1. The first-order chi connectivity index (χ1) is 16.5. The molecule has 0 fully saturated rings. The van der Waals surface area contributed by atoms with Gasteiger partial charge in [-0.05, 0) is 61.5 Å². The molecular formula is C29H22N3O2Pt-. The predicted octanol–water partition coefficient (Wildman–Crippen LogP) is 6.95. The van der Waals surface area contributed by atoms with Crippen LogP contribution in [-0.4, -0.2) is 19.6 Å². The molecule has 0 saturated heterocycles. The summed E-state index contributed by atoms with van der Waals surface area (Å²) in [4.78, 5) is 9.22. The molecule has 0 radical (unpaired) electrons.